The van der Waals surface area contributed by atoms with E-state index in [1.54, 1.807) is 6.07 Å². The van der Waals surface area contributed by atoms with E-state index in [-0.39, 0.29) is 18.2 Å². The Hall–Kier alpha value is -1.55. The largest absolute Gasteiger partial charge is 0.448 e. The number of nitrogens with two attached hydrogens (primary N) is 1. The Morgan fingerprint density at radius 3 is 2.88 bits per heavy atom. The maximum absolute atomic E-state index is 11.6. The number of amides is 1. The number of benzene rings is 1. The summed E-state index contributed by atoms with van der Waals surface area (Å²) in [5.74, 6) is -0.0442. The molecule has 0 saturated heterocycles. The van der Waals surface area contributed by atoms with Crippen LogP contribution < -0.4 is 10.7 Å². The summed E-state index contributed by atoms with van der Waals surface area (Å²) in [5, 5.41) is 8.73. The number of ether oxygens (including phenoxy) is 1. The van der Waals surface area contributed by atoms with E-state index in [1.807, 2.05) is 26.0 Å². The number of anilines is 1. The van der Waals surface area contributed by atoms with Crippen LogP contribution in [0.2, 0.25) is 5.02 Å². The van der Waals surface area contributed by atoms with Crippen LogP contribution in [0.4, 0.5) is 5.69 Å². The van der Waals surface area contributed by atoms with Crippen molar-refractivity contribution < 1.29 is 14.9 Å². The Morgan fingerprint density at radius 1 is 1.53 bits per heavy atom. The van der Waals surface area contributed by atoms with Gasteiger partial charge in [0.25, 0.3) is 0 Å². The molecule has 1 amide bonds. The van der Waals surface area contributed by atoms with Crippen molar-refractivity contribution in [2.75, 3.05) is 11.9 Å². The number of aryl methyl sites for hydroxylation is 1. The molecule has 0 spiro atoms. The maximum Gasteiger partial charge on any atom is 0.342 e. The highest BCUT2D eigenvalue weighted by Crippen LogP contribution is 2.24. The lowest BCUT2D eigenvalue weighted by Gasteiger charge is -2.08. The van der Waals surface area contributed by atoms with Gasteiger partial charge in [-0.05, 0) is 25.5 Å². The lowest BCUT2D eigenvalue weighted by atomic mass is 10.2. The zero-order valence-corrected chi connectivity index (χ0v) is 10.7. The van der Waals surface area contributed by atoms with E-state index in [4.69, 9.17) is 21.7 Å². The summed E-state index contributed by atoms with van der Waals surface area (Å²) in [6, 6.07) is 5.44. The molecule has 3 N–H and O–H groups in total. The number of hydrogen-bond donors (Lipinski definition) is 2. The van der Waals surface area contributed by atoms with Gasteiger partial charge >= 0.3 is 5.90 Å². The van der Waals surface area contributed by atoms with Gasteiger partial charge in [0.2, 0.25) is 5.91 Å². The molecule has 5 heteroatoms. The molecule has 0 atom stereocenters. The van der Waals surface area contributed by atoms with Gasteiger partial charge in [-0.1, -0.05) is 23.7 Å². The molecule has 0 aliphatic rings. The smallest absolute Gasteiger partial charge is 0.342 e. The highest BCUT2D eigenvalue weighted by molar-refractivity contribution is 6.34. The zero-order valence-electron chi connectivity index (χ0n) is 9.92. The van der Waals surface area contributed by atoms with E-state index in [2.05, 4.69) is 5.32 Å². The molecule has 1 rings (SSSR count). The molecule has 0 fully saturated rings. The molecule has 0 heterocycles. The average Bonchev–Trinajstić information content (AvgIpc) is 2.25. The Morgan fingerprint density at radius 2 is 2.24 bits per heavy atom. The Labute approximate surface area is 105 Å². The molecule has 92 valence electrons. The van der Waals surface area contributed by atoms with Crippen LogP contribution in [-0.2, 0) is 9.53 Å². The van der Waals surface area contributed by atoms with Gasteiger partial charge in [0.15, 0.2) is 0 Å². The van der Waals surface area contributed by atoms with Crippen LogP contribution in [-0.4, -0.2) is 18.4 Å². The summed E-state index contributed by atoms with van der Waals surface area (Å²) >= 11 is 6.05. The van der Waals surface area contributed by atoms with Gasteiger partial charge in [-0.25, -0.2) is 5.41 Å². The second kappa shape index (κ2) is 6.25. The van der Waals surface area contributed by atoms with Crippen LogP contribution in [0.3, 0.4) is 0 Å². The van der Waals surface area contributed by atoms with Crippen LogP contribution in [0, 0.1) is 6.92 Å². The first-order valence-electron chi connectivity index (χ1n) is 5.33. The molecule has 4 nitrogen and oxygen atoms in total. The lowest BCUT2D eigenvalue weighted by molar-refractivity contribution is -0.145. The minimum absolute atomic E-state index is 0.0259. The predicted octanol–water partition coefficient (Wildman–Crippen LogP) is 1.17. The third-order valence-electron chi connectivity index (χ3n) is 2.13. The van der Waals surface area contributed by atoms with Crippen molar-refractivity contribution in [2.24, 2.45) is 0 Å². The van der Waals surface area contributed by atoms with Crippen LogP contribution in [0.5, 0.6) is 0 Å². The zero-order chi connectivity index (χ0) is 12.8. The molecular formula is C12H16ClN2O2+. The Bertz CT molecular complexity index is 433. The van der Waals surface area contributed by atoms with Crippen molar-refractivity contribution in [2.45, 2.75) is 20.3 Å². The van der Waals surface area contributed by atoms with Crippen molar-refractivity contribution in [3.05, 3.63) is 28.8 Å². The highest BCUT2D eigenvalue weighted by atomic mass is 35.5. The molecular weight excluding hydrogens is 240 g/mol. The summed E-state index contributed by atoms with van der Waals surface area (Å²) < 4.78 is 5.00. The third-order valence-corrected chi connectivity index (χ3v) is 2.63. The van der Waals surface area contributed by atoms with E-state index in [0.717, 1.165) is 5.56 Å². The van der Waals surface area contributed by atoms with Crippen molar-refractivity contribution >= 4 is 29.1 Å². The summed E-state index contributed by atoms with van der Waals surface area (Å²) in [7, 11) is 0. The molecule has 0 aliphatic carbocycles. The highest BCUT2D eigenvalue weighted by Gasteiger charge is 2.13. The van der Waals surface area contributed by atoms with E-state index in [0.29, 0.717) is 17.3 Å². The van der Waals surface area contributed by atoms with Gasteiger partial charge in [-0.3, -0.25) is 4.79 Å². The monoisotopic (exact) mass is 255 g/mol. The summed E-state index contributed by atoms with van der Waals surface area (Å²) in [6.07, 6.45) is 0.0259. The number of carbonyl (C=O) groups is 1. The van der Waals surface area contributed by atoms with Gasteiger partial charge in [-0.2, -0.15) is 0 Å². The number of nitrogens with one attached hydrogen (secondary N) is 1. The Kier molecular flexibility index (Phi) is 4.97. The summed E-state index contributed by atoms with van der Waals surface area (Å²) in [5.41, 5.74) is 1.49. The van der Waals surface area contributed by atoms with Crippen molar-refractivity contribution in [1.82, 2.24) is 0 Å². The molecule has 0 aliphatic heterocycles. The Balaban J connectivity index is 2.62. The molecule has 0 saturated carbocycles. The molecule has 0 radical (unpaired) electrons. The SMILES string of the molecule is CCOC(=[NH2+])CC(=O)Nc1cccc(C)c1Cl. The van der Waals surface area contributed by atoms with Gasteiger partial charge in [-0.15, -0.1) is 0 Å². The van der Waals surface area contributed by atoms with E-state index >= 15 is 0 Å². The molecule has 17 heavy (non-hydrogen) atoms. The summed E-state index contributed by atoms with van der Waals surface area (Å²) in [6.45, 7) is 4.13. The number of hydrogen-bond acceptors (Lipinski definition) is 2. The quantitative estimate of drug-likeness (QED) is 0.627. The molecule has 0 unspecified atom stereocenters. The number of halogens is 1. The summed E-state index contributed by atoms with van der Waals surface area (Å²) in [4.78, 5) is 11.6. The van der Waals surface area contributed by atoms with Gasteiger partial charge in [0, 0.05) is 0 Å². The first-order chi connectivity index (χ1) is 8.04. The maximum atomic E-state index is 11.6. The van der Waals surface area contributed by atoms with Gasteiger partial charge in [0.1, 0.15) is 6.42 Å². The second-order valence-electron chi connectivity index (χ2n) is 3.56. The molecule has 0 aromatic heterocycles. The fourth-order valence-electron chi connectivity index (χ4n) is 1.33. The molecule has 1 aromatic carbocycles. The fraction of sp³-hybridized carbons (Fsp3) is 0.333. The standard InChI is InChI=1S/C12H15ClN2O2/c1-3-17-10(14)7-11(16)15-9-6-4-5-8(2)12(9)13/h4-6,14H,3,7H2,1-2H3,(H,15,16)/p+1. The van der Waals surface area contributed by atoms with Crippen LogP contribution >= 0.6 is 11.6 Å². The predicted molar refractivity (Wildman–Crippen MR) is 68.0 cm³/mol. The van der Waals surface area contributed by atoms with Gasteiger partial charge < -0.3 is 10.1 Å². The van der Waals surface area contributed by atoms with E-state index in [1.165, 1.54) is 0 Å². The molecule has 0 bridgehead atoms. The number of rotatable bonds is 4. The average molecular weight is 256 g/mol. The first kappa shape index (κ1) is 13.5. The normalized spacial score (nSPS) is 9.82. The fourth-order valence-corrected chi connectivity index (χ4v) is 1.51. The number of carbonyl (C=O) groups excluding carboxylic acids is 1. The topological polar surface area (TPSA) is 63.9 Å². The van der Waals surface area contributed by atoms with Crippen LogP contribution in [0.1, 0.15) is 18.9 Å². The van der Waals surface area contributed by atoms with Crippen LogP contribution in [0.25, 0.3) is 0 Å². The van der Waals surface area contributed by atoms with Crippen molar-refractivity contribution in [3.8, 4) is 0 Å². The first-order valence-corrected chi connectivity index (χ1v) is 5.71. The van der Waals surface area contributed by atoms with E-state index in [9.17, 15) is 4.79 Å². The second-order valence-corrected chi connectivity index (χ2v) is 3.94. The minimum atomic E-state index is -0.247. The van der Waals surface area contributed by atoms with E-state index < -0.39 is 0 Å². The van der Waals surface area contributed by atoms with Crippen molar-refractivity contribution in [3.63, 3.8) is 0 Å². The minimum Gasteiger partial charge on any atom is -0.448 e. The molecule has 1 aromatic rings. The van der Waals surface area contributed by atoms with Crippen molar-refractivity contribution in [1.29, 1.82) is 0 Å². The lowest BCUT2D eigenvalue weighted by Crippen LogP contribution is -2.43. The third kappa shape index (κ3) is 4.07. The van der Waals surface area contributed by atoms with Crippen LogP contribution in [0.15, 0.2) is 18.2 Å². The van der Waals surface area contributed by atoms with Gasteiger partial charge in [0.05, 0.1) is 17.3 Å².